The largest absolute Gasteiger partial charge is 0.488 e. The number of ether oxygens (including phenoxy) is 2. The summed E-state index contributed by atoms with van der Waals surface area (Å²) >= 11 is 6.02. The van der Waals surface area contributed by atoms with Gasteiger partial charge >= 0.3 is 5.97 Å². The van der Waals surface area contributed by atoms with Gasteiger partial charge in [0.2, 0.25) is 5.89 Å². The van der Waals surface area contributed by atoms with Crippen molar-refractivity contribution in [2.45, 2.75) is 20.0 Å². The second-order valence-electron chi connectivity index (χ2n) is 5.90. The molecule has 0 bridgehead atoms. The molecule has 9 heteroatoms. The first-order chi connectivity index (χ1) is 13.9. The Morgan fingerprint density at radius 2 is 1.90 bits per heavy atom. The van der Waals surface area contributed by atoms with E-state index in [0.717, 1.165) is 0 Å². The molecule has 2 aromatic carbocycles. The van der Waals surface area contributed by atoms with Crippen LogP contribution in [0.1, 0.15) is 18.2 Å². The van der Waals surface area contributed by atoms with Gasteiger partial charge in [0, 0.05) is 17.2 Å². The minimum absolute atomic E-state index is 0.0832. The summed E-state index contributed by atoms with van der Waals surface area (Å²) in [5.74, 6) is -3.33. The molecule has 0 saturated heterocycles. The van der Waals surface area contributed by atoms with Gasteiger partial charge in [0.05, 0.1) is 29.8 Å². The lowest BCUT2D eigenvalue weighted by Crippen LogP contribution is -2.07. The number of benzene rings is 2. The third kappa shape index (κ3) is 5.08. The zero-order valence-electron chi connectivity index (χ0n) is 15.2. The van der Waals surface area contributed by atoms with Crippen molar-refractivity contribution in [1.29, 1.82) is 0 Å². The van der Waals surface area contributed by atoms with Gasteiger partial charge < -0.3 is 13.9 Å². The second kappa shape index (κ2) is 9.00. The maximum Gasteiger partial charge on any atom is 0.311 e. The van der Waals surface area contributed by atoms with Gasteiger partial charge in [-0.25, -0.2) is 18.2 Å². The fourth-order valence-corrected chi connectivity index (χ4v) is 2.70. The number of rotatable bonds is 7. The van der Waals surface area contributed by atoms with Gasteiger partial charge in [-0.15, -0.1) is 0 Å². The minimum Gasteiger partial charge on any atom is -0.488 e. The standard InChI is InChI=1S/C20H15ClF3NO4/c1-2-27-19(26)8-13-9-29-20(25-13)14-5-11(21)3-4-18(14)28-10-15-16(23)6-12(22)7-17(15)24/h3-7,9H,2,8,10H2,1H3. The van der Waals surface area contributed by atoms with E-state index in [-0.39, 0.29) is 24.7 Å². The van der Waals surface area contributed by atoms with Gasteiger partial charge in [-0.2, -0.15) is 0 Å². The number of oxazole rings is 1. The zero-order valence-corrected chi connectivity index (χ0v) is 15.9. The van der Waals surface area contributed by atoms with Crippen LogP contribution in [0.3, 0.4) is 0 Å². The topological polar surface area (TPSA) is 61.6 Å². The summed E-state index contributed by atoms with van der Waals surface area (Å²) in [7, 11) is 0. The highest BCUT2D eigenvalue weighted by atomic mass is 35.5. The fraction of sp³-hybridized carbons (Fsp3) is 0.200. The van der Waals surface area contributed by atoms with Crippen LogP contribution in [0.4, 0.5) is 13.2 Å². The minimum atomic E-state index is -1.06. The maximum absolute atomic E-state index is 13.8. The van der Waals surface area contributed by atoms with E-state index in [0.29, 0.717) is 28.4 Å². The van der Waals surface area contributed by atoms with E-state index in [2.05, 4.69) is 4.98 Å². The van der Waals surface area contributed by atoms with E-state index in [9.17, 15) is 18.0 Å². The highest BCUT2D eigenvalue weighted by Gasteiger charge is 2.18. The predicted molar refractivity (Wildman–Crippen MR) is 97.9 cm³/mol. The second-order valence-corrected chi connectivity index (χ2v) is 6.34. The highest BCUT2D eigenvalue weighted by Crippen LogP contribution is 2.33. The number of hydrogen-bond donors (Lipinski definition) is 0. The van der Waals surface area contributed by atoms with E-state index in [1.165, 1.54) is 24.5 Å². The van der Waals surface area contributed by atoms with Crippen LogP contribution in [-0.4, -0.2) is 17.6 Å². The number of carbonyl (C=O) groups is 1. The van der Waals surface area contributed by atoms with Crippen LogP contribution in [0.15, 0.2) is 41.0 Å². The monoisotopic (exact) mass is 425 g/mol. The van der Waals surface area contributed by atoms with Crippen molar-refractivity contribution in [2.75, 3.05) is 6.61 Å². The molecule has 3 aromatic rings. The van der Waals surface area contributed by atoms with E-state index in [1.807, 2.05) is 0 Å². The Morgan fingerprint density at radius 1 is 1.17 bits per heavy atom. The Labute approximate surface area is 169 Å². The molecule has 152 valence electrons. The molecule has 1 aromatic heterocycles. The van der Waals surface area contributed by atoms with Gasteiger partial charge in [-0.3, -0.25) is 4.79 Å². The van der Waals surface area contributed by atoms with Crippen LogP contribution in [0.2, 0.25) is 5.02 Å². The molecular formula is C20H15ClF3NO4. The van der Waals surface area contributed by atoms with Crippen molar-refractivity contribution >= 4 is 17.6 Å². The number of nitrogens with zero attached hydrogens (tertiary/aromatic N) is 1. The number of esters is 1. The average Bonchev–Trinajstić information content (AvgIpc) is 3.10. The summed E-state index contributed by atoms with van der Waals surface area (Å²) in [5, 5.41) is 0.344. The molecule has 0 aliphatic rings. The van der Waals surface area contributed by atoms with Gasteiger partial charge in [0.15, 0.2) is 0 Å². The molecule has 0 fully saturated rings. The summed E-state index contributed by atoms with van der Waals surface area (Å²) in [6.07, 6.45) is 1.20. The van der Waals surface area contributed by atoms with Crippen molar-refractivity contribution in [1.82, 2.24) is 4.98 Å². The van der Waals surface area contributed by atoms with Crippen LogP contribution in [0.5, 0.6) is 5.75 Å². The summed E-state index contributed by atoms with van der Waals surface area (Å²) in [5.41, 5.74) is 0.221. The van der Waals surface area contributed by atoms with Crippen LogP contribution in [0.25, 0.3) is 11.5 Å². The fourth-order valence-electron chi connectivity index (χ4n) is 2.53. The van der Waals surface area contributed by atoms with Crippen molar-refractivity contribution < 1.29 is 31.9 Å². The van der Waals surface area contributed by atoms with Crippen LogP contribution in [0, 0.1) is 17.5 Å². The number of aromatic nitrogens is 1. The average molecular weight is 426 g/mol. The Bertz CT molecular complexity index is 1020. The molecule has 0 N–H and O–H groups in total. The number of halogens is 4. The Balaban J connectivity index is 1.84. The van der Waals surface area contributed by atoms with Gasteiger partial charge in [0.25, 0.3) is 0 Å². The maximum atomic E-state index is 13.8. The molecule has 1 heterocycles. The molecule has 0 unspecified atom stereocenters. The summed E-state index contributed by atoms with van der Waals surface area (Å²) in [6, 6.07) is 5.63. The smallest absolute Gasteiger partial charge is 0.311 e. The molecule has 29 heavy (non-hydrogen) atoms. The van der Waals surface area contributed by atoms with Gasteiger partial charge in [-0.05, 0) is 25.1 Å². The summed E-state index contributed by atoms with van der Waals surface area (Å²) < 4.78 is 56.5. The molecule has 0 aliphatic heterocycles. The van der Waals surface area contributed by atoms with E-state index in [1.54, 1.807) is 6.92 Å². The zero-order chi connectivity index (χ0) is 21.0. The van der Waals surface area contributed by atoms with E-state index < -0.39 is 35.6 Å². The number of carbonyl (C=O) groups excluding carboxylic acids is 1. The lowest BCUT2D eigenvalue weighted by atomic mass is 10.2. The third-order valence-electron chi connectivity index (χ3n) is 3.83. The van der Waals surface area contributed by atoms with Gasteiger partial charge in [0.1, 0.15) is 36.1 Å². The molecule has 0 spiro atoms. The SMILES string of the molecule is CCOC(=O)Cc1coc(-c2cc(Cl)ccc2OCc2c(F)cc(F)cc2F)n1. The lowest BCUT2D eigenvalue weighted by Gasteiger charge is -2.11. The first-order valence-corrected chi connectivity index (χ1v) is 8.91. The van der Waals surface area contributed by atoms with Crippen LogP contribution < -0.4 is 4.74 Å². The highest BCUT2D eigenvalue weighted by molar-refractivity contribution is 6.30. The van der Waals surface area contributed by atoms with Crippen molar-refractivity contribution in [2.24, 2.45) is 0 Å². The lowest BCUT2D eigenvalue weighted by molar-refractivity contribution is -0.142. The summed E-state index contributed by atoms with van der Waals surface area (Å²) in [4.78, 5) is 15.8. The normalized spacial score (nSPS) is 10.8. The Hall–Kier alpha value is -3.00. The molecule has 5 nitrogen and oxygen atoms in total. The first kappa shape index (κ1) is 20.7. The van der Waals surface area contributed by atoms with Crippen molar-refractivity contribution in [3.05, 3.63) is 70.3 Å². The Kier molecular flexibility index (Phi) is 6.43. The quantitative estimate of drug-likeness (QED) is 0.493. The van der Waals surface area contributed by atoms with E-state index >= 15 is 0 Å². The van der Waals surface area contributed by atoms with Crippen LogP contribution in [-0.2, 0) is 22.6 Å². The first-order valence-electron chi connectivity index (χ1n) is 8.53. The molecule has 0 radical (unpaired) electrons. The van der Waals surface area contributed by atoms with Crippen molar-refractivity contribution in [3.8, 4) is 17.2 Å². The molecular weight excluding hydrogens is 411 g/mol. The van der Waals surface area contributed by atoms with E-state index in [4.69, 9.17) is 25.5 Å². The molecule has 0 amide bonds. The summed E-state index contributed by atoms with van der Waals surface area (Å²) in [6.45, 7) is 1.43. The predicted octanol–water partition coefficient (Wildman–Crippen LogP) is 5.10. The molecule has 0 aliphatic carbocycles. The Morgan fingerprint density at radius 3 is 2.59 bits per heavy atom. The third-order valence-corrected chi connectivity index (χ3v) is 4.07. The van der Waals surface area contributed by atoms with Crippen molar-refractivity contribution in [3.63, 3.8) is 0 Å². The molecule has 0 atom stereocenters. The molecule has 3 rings (SSSR count). The van der Waals surface area contributed by atoms with Gasteiger partial charge in [-0.1, -0.05) is 11.6 Å². The van der Waals surface area contributed by atoms with Crippen LogP contribution >= 0.6 is 11.6 Å². The number of hydrogen-bond acceptors (Lipinski definition) is 5. The molecule has 0 saturated carbocycles.